The molecule has 1 heterocycles. The number of nitrogens with zero attached hydrogens (tertiary/aromatic N) is 1. The number of halogens is 1. The Labute approximate surface area is 153 Å². The summed E-state index contributed by atoms with van der Waals surface area (Å²) in [6.07, 6.45) is 1.48. The molecule has 0 spiro atoms. The standard InChI is InChI=1S/C18H25ClN2O4/c1-2-24-18(23)14-7-10-21(11-8-14)13-17(22)20-9-12-25-16-5-3-15(19)4-6-16/h3-6,14H,2,7-13H2,1H3,(H,20,22). The highest BCUT2D eigenvalue weighted by molar-refractivity contribution is 6.30. The molecule has 0 aromatic heterocycles. The van der Waals surface area contributed by atoms with Crippen LogP contribution in [0.5, 0.6) is 5.75 Å². The summed E-state index contributed by atoms with van der Waals surface area (Å²) in [6, 6.07) is 7.10. The third kappa shape index (κ3) is 6.92. The minimum Gasteiger partial charge on any atom is -0.492 e. The van der Waals surface area contributed by atoms with Gasteiger partial charge in [-0.25, -0.2) is 0 Å². The summed E-state index contributed by atoms with van der Waals surface area (Å²) in [5, 5.41) is 3.50. The molecule has 1 aromatic carbocycles. The van der Waals surface area contributed by atoms with Gasteiger partial charge in [0.15, 0.2) is 0 Å². The van der Waals surface area contributed by atoms with Crippen molar-refractivity contribution in [3.05, 3.63) is 29.3 Å². The van der Waals surface area contributed by atoms with E-state index < -0.39 is 0 Å². The normalized spacial score (nSPS) is 15.6. The van der Waals surface area contributed by atoms with Crippen molar-refractivity contribution in [2.45, 2.75) is 19.8 Å². The fraction of sp³-hybridized carbons (Fsp3) is 0.556. The maximum atomic E-state index is 12.0. The molecule has 138 valence electrons. The van der Waals surface area contributed by atoms with E-state index in [9.17, 15) is 9.59 Å². The summed E-state index contributed by atoms with van der Waals surface area (Å²) in [5.41, 5.74) is 0. The van der Waals surface area contributed by atoms with Crippen LogP contribution in [0.2, 0.25) is 5.02 Å². The molecule has 0 bridgehead atoms. The zero-order valence-electron chi connectivity index (χ0n) is 14.5. The highest BCUT2D eigenvalue weighted by atomic mass is 35.5. The van der Waals surface area contributed by atoms with Crippen LogP contribution in [0.15, 0.2) is 24.3 Å². The molecule has 1 N–H and O–H groups in total. The van der Waals surface area contributed by atoms with Gasteiger partial charge in [0.25, 0.3) is 0 Å². The van der Waals surface area contributed by atoms with Gasteiger partial charge < -0.3 is 14.8 Å². The van der Waals surface area contributed by atoms with Crippen molar-refractivity contribution < 1.29 is 19.1 Å². The van der Waals surface area contributed by atoms with Gasteiger partial charge in [0.1, 0.15) is 12.4 Å². The van der Waals surface area contributed by atoms with Crippen LogP contribution in [-0.2, 0) is 14.3 Å². The van der Waals surface area contributed by atoms with E-state index in [0.29, 0.717) is 31.3 Å². The largest absolute Gasteiger partial charge is 0.492 e. The number of piperidine rings is 1. The van der Waals surface area contributed by atoms with Crippen LogP contribution in [0.1, 0.15) is 19.8 Å². The maximum Gasteiger partial charge on any atom is 0.309 e. The van der Waals surface area contributed by atoms with E-state index in [0.717, 1.165) is 31.7 Å². The van der Waals surface area contributed by atoms with Gasteiger partial charge in [-0.05, 0) is 57.1 Å². The molecule has 0 atom stereocenters. The SMILES string of the molecule is CCOC(=O)C1CCN(CC(=O)NCCOc2ccc(Cl)cc2)CC1. The van der Waals surface area contributed by atoms with E-state index in [1.165, 1.54) is 0 Å². The molecule has 1 aliphatic rings. The molecule has 25 heavy (non-hydrogen) atoms. The van der Waals surface area contributed by atoms with Crippen LogP contribution in [-0.4, -0.2) is 56.2 Å². The van der Waals surface area contributed by atoms with Crippen molar-refractivity contribution in [3.8, 4) is 5.75 Å². The predicted octanol–water partition coefficient (Wildman–Crippen LogP) is 2.11. The Kier molecular flexibility index (Phi) is 8.01. The lowest BCUT2D eigenvalue weighted by molar-refractivity contribution is -0.149. The highest BCUT2D eigenvalue weighted by Crippen LogP contribution is 2.18. The monoisotopic (exact) mass is 368 g/mol. The molecule has 0 unspecified atom stereocenters. The molecule has 0 aliphatic carbocycles. The second kappa shape index (κ2) is 10.3. The fourth-order valence-corrected chi connectivity index (χ4v) is 2.86. The van der Waals surface area contributed by atoms with Gasteiger partial charge in [0, 0.05) is 5.02 Å². The Morgan fingerprint density at radius 2 is 1.92 bits per heavy atom. The summed E-state index contributed by atoms with van der Waals surface area (Å²) in [7, 11) is 0. The van der Waals surface area contributed by atoms with E-state index in [4.69, 9.17) is 21.1 Å². The Balaban J connectivity index is 1.58. The predicted molar refractivity (Wildman–Crippen MR) is 95.8 cm³/mol. The second-order valence-corrected chi connectivity index (χ2v) is 6.39. The molecule has 1 aliphatic heterocycles. The zero-order valence-corrected chi connectivity index (χ0v) is 15.3. The summed E-state index contributed by atoms with van der Waals surface area (Å²) < 4.78 is 10.6. The Bertz CT molecular complexity index is 557. The Morgan fingerprint density at radius 1 is 1.24 bits per heavy atom. The van der Waals surface area contributed by atoms with Crippen molar-refractivity contribution in [1.29, 1.82) is 0 Å². The number of benzene rings is 1. The molecule has 7 heteroatoms. The first kappa shape index (κ1) is 19.5. The fourth-order valence-electron chi connectivity index (χ4n) is 2.74. The molecular weight excluding hydrogens is 344 g/mol. The van der Waals surface area contributed by atoms with Crippen molar-refractivity contribution >= 4 is 23.5 Å². The van der Waals surface area contributed by atoms with Gasteiger partial charge in [-0.3, -0.25) is 14.5 Å². The topological polar surface area (TPSA) is 67.9 Å². The lowest BCUT2D eigenvalue weighted by Gasteiger charge is -2.30. The molecule has 1 fully saturated rings. The summed E-state index contributed by atoms with van der Waals surface area (Å²) in [6.45, 7) is 4.89. The quantitative estimate of drug-likeness (QED) is 0.562. The minimum atomic E-state index is -0.119. The van der Waals surface area contributed by atoms with Gasteiger partial charge in [-0.2, -0.15) is 0 Å². The van der Waals surface area contributed by atoms with Crippen LogP contribution in [0.4, 0.5) is 0 Å². The second-order valence-electron chi connectivity index (χ2n) is 5.95. The number of carbonyl (C=O) groups excluding carboxylic acids is 2. The third-order valence-electron chi connectivity index (χ3n) is 4.08. The molecule has 1 amide bonds. The van der Waals surface area contributed by atoms with Gasteiger partial charge in [0.05, 0.1) is 25.6 Å². The molecule has 0 radical (unpaired) electrons. The first-order valence-corrected chi connectivity index (χ1v) is 9.00. The lowest BCUT2D eigenvalue weighted by Crippen LogP contribution is -2.43. The minimum absolute atomic E-state index is 0.0331. The number of rotatable bonds is 8. The molecular formula is C18H25ClN2O4. The summed E-state index contributed by atoms with van der Waals surface area (Å²) in [5.74, 6) is 0.534. The number of amides is 1. The van der Waals surface area contributed by atoms with Gasteiger partial charge in [0.2, 0.25) is 5.91 Å². The average molecular weight is 369 g/mol. The maximum absolute atomic E-state index is 12.0. The van der Waals surface area contributed by atoms with Gasteiger partial charge in [-0.15, -0.1) is 0 Å². The molecule has 6 nitrogen and oxygen atoms in total. The first-order chi connectivity index (χ1) is 12.1. The van der Waals surface area contributed by atoms with Gasteiger partial charge in [-0.1, -0.05) is 11.6 Å². The Morgan fingerprint density at radius 3 is 2.56 bits per heavy atom. The molecule has 1 saturated heterocycles. The first-order valence-electron chi connectivity index (χ1n) is 8.62. The Hall–Kier alpha value is -1.79. The number of hydrogen-bond acceptors (Lipinski definition) is 5. The average Bonchev–Trinajstić information content (AvgIpc) is 2.61. The molecule has 2 rings (SSSR count). The number of likely N-dealkylation sites (tertiary alicyclic amines) is 1. The van der Waals surface area contributed by atoms with Gasteiger partial charge >= 0.3 is 5.97 Å². The van der Waals surface area contributed by atoms with Crippen LogP contribution < -0.4 is 10.1 Å². The number of ether oxygens (including phenoxy) is 2. The summed E-state index contributed by atoms with van der Waals surface area (Å²) >= 11 is 5.81. The van der Waals surface area contributed by atoms with E-state index in [1.54, 1.807) is 24.3 Å². The number of carbonyl (C=O) groups is 2. The highest BCUT2D eigenvalue weighted by Gasteiger charge is 2.26. The molecule has 0 saturated carbocycles. The number of hydrogen-bond donors (Lipinski definition) is 1. The van der Waals surface area contributed by atoms with Crippen LogP contribution in [0.3, 0.4) is 0 Å². The van der Waals surface area contributed by atoms with Crippen molar-refractivity contribution in [3.63, 3.8) is 0 Å². The lowest BCUT2D eigenvalue weighted by atomic mass is 9.97. The third-order valence-corrected chi connectivity index (χ3v) is 4.33. The van der Waals surface area contributed by atoms with Crippen LogP contribution in [0.25, 0.3) is 0 Å². The smallest absolute Gasteiger partial charge is 0.309 e. The molecule has 1 aromatic rings. The van der Waals surface area contributed by atoms with E-state index in [-0.39, 0.29) is 17.8 Å². The number of esters is 1. The zero-order chi connectivity index (χ0) is 18.1. The van der Waals surface area contributed by atoms with Crippen molar-refractivity contribution in [2.75, 3.05) is 39.4 Å². The van der Waals surface area contributed by atoms with Crippen molar-refractivity contribution in [2.24, 2.45) is 5.92 Å². The van der Waals surface area contributed by atoms with Crippen LogP contribution >= 0.6 is 11.6 Å². The van der Waals surface area contributed by atoms with E-state index in [1.807, 2.05) is 6.92 Å². The van der Waals surface area contributed by atoms with E-state index >= 15 is 0 Å². The van der Waals surface area contributed by atoms with Crippen LogP contribution in [0, 0.1) is 5.92 Å². The number of nitrogens with one attached hydrogen (secondary N) is 1. The summed E-state index contributed by atoms with van der Waals surface area (Å²) in [4.78, 5) is 25.7. The van der Waals surface area contributed by atoms with E-state index in [2.05, 4.69) is 10.2 Å². The van der Waals surface area contributed by atoms with Crippen molar-refractivity contribution in [1.82, 2.24) is 10.2 Å².